The smallest absolute Gasteiger partial charge is 0.238 e. The molecule has 1 N–H and O–H groups in total. The SMILES string of the molecule is O=C(Nc1ccnc(Cl)n1)C1CCCS1. The molecule has 1 saturated heterocycles. The molecule has 6 heteroatoms. The van der Waals surface area contributed by atoms with Crippen LogP contribution in [0.4, 0.5) is 5.82 Å². The van der Waals surface area contributed by atoms with Gasteiger partial charge in [0.1, 0.15) is 5.82 Å². The van der Waals surface area contributed by atoms with Crippen LogP contribution in [-0.2, 0) is 4.79 Å². The first kappa shape index (κ1) is 10.7. The van der Waals surface area contributed by atoms with Crippen LogP contribution < -0.4 is 5.32 Å². The fraction of sp³-hybridized carbons (Fsp3) is 0.444. The van der Waals surface area contributed by atoms with Gasteiger partial charge >= 0.3 is 0 Å². The molecule has 0 radical (unpaired) electrons. The third-order valence-corrected chi connectivity index (χ3v) is 3.66. The maximum atomic E-state index is 11.7. The number of nitrogens with zero attached hydrogens (tertiary/aromatic N) is 2. The summed E-state index contributed by atoms with van der Waals surface area (Å²) in [5, 5.41) is 2.93. The van der Waals surface area contributed by atoms with Crippen molar-refractivity contribution >= 4 is 35.1 Å². The highest BCUT2D eigenvalue weighted by molar-refractivity contribution is 8.00. The third-order valence-electron chi connectivity index (χ3n) is 2.10. The predicted octanol–water partition coefficient (Wildman–Crippen LogP) is 1.96. The maximum absolute atomic E-state index is 11.7. The number of carbonyl (C=O) groups excluding carboxylic acids is 1. The molecule has 1 fully saturated rings. The number of halogens is 1. The highest BCUT2D eigenvalue weighted by Gasteiger charge is 2.23. The second-order valence-electron chi connectivity index (χ2n) is 3.20. The molecule has 1 aromatic rings. The molecule has 15 heavy (non-hydrogen) atoms. The fourth-order valence-electron chi connectivity index (χ4n) is 1.40. The molecular weight excluding hydrogens is 234 g/mol. The van der Waals surface area contributed by atoms with E-state index in [4.69, 9.17) is 11.6 Å². The van der Waals surface area contributed by atoms with Crippen molar-refractivity contribution in [3.05, 3.63) is 17.5 Å². The van der Waals surface area contributed by atoms with Crippen molar-refractivity contribution in [3.8, 4) is 0 Å². The monoisotopic (exact) mass is 243 g/mol. The summed E-state index contributed by atoms with van der Waals surface area (Å²) in [7, 11) is 0. The van der Waals surface area contributed by atoms with Crippen molar-refractivity contribution in [1.82, 2.24) is 9.97 Å². The Morgan fingerprint density at radius 2 is 2.53 bits per heavy atom. The third kappa shape index (κ3) is 2.82. The van der Waals surface area contributed by atoms with E-state index in [-0.39, 0.29) is 16.4 Å². The Morgan fingerprint density at radius 3 is 3.20 bits per heavy atom. The molecule has 0 bridgehead atoms. The van der Waals surface area contributed by atoms with Crippen LogP contribution in [0, 0.1) is 0 Å². The molecule has 1 atom stereocenters. The number of rotatable bonds is 2. The molecule has 0 spiro atoms. The van der Waals surface area contributed by atoms with E-state index >= 15 is 0 Å². The Labute approximate surface area is 96.8 Å². The Hall–Kier alpha value is -0.810. The van der Waals surface area contributed by atoms with E-state index in [1.54, 1.807) is 17.8 Å². The van der Waals surface area contributed by atoms with Crippen LogP contribution in [0.15, 0.2) is 12.3 Å². The number of nitrogens with one attached hydrogen (secondary N) is 1. The van der Waals surface area contributed by atoms with Crippen molar-refractivity contribution < 1.29 is 4.79 Å². The van der Waals surface area contributed by atoms with Crippen molar-refractivity contribution in [2.45, 2.75) is 18.1 Å². The van der Waals surface area contributed by atoms with Crippen LogP contribution in [0.3, 0.4) is 0 Å². The van der Waals surface area contributed by atoms with Crippen LogP contribution in [-0.4, -0.2) is 26.9 Å². The van der Waals surface area contributed by atoms with E-state index in [1.807, 2.05) is 0 Å². The minimum atomic E-state index is 0.00673. The van der Waals surface area contributed by atoms with Crippen LogP contribution in [0.25, 0.3) is 0 Å². The van der Waals surface area contributed by atoms with Gasteiger partial charge in [0.25, 0.3) is 0 Å². The summed E-state index contributed by atoms with van der Waals surface area (Å²) in [5.74, 6) is 1.53. The van der Waals surface area contributed by atoms with E-state index in [0.717, 1.165) is 18.6 Å². The lowest BCUT2D eigenvalue weighted by atomic mass is 10.2. The van der Waals surface area contributed by atoms with Crippen molar-refractivity contribution in [2.24, 2.45) is 0 Å². The molecule has 4 nitrogen and oxygen atoms in total. The number of anilines is 1. The van der Waals surface area contributed by atoms with E-state index in [0.29, 0.717) is 5.82 Å². The zero-order valence-electron chi connectivity index (χ0n) is 7.94. The molecule has 80 valence electrons. The number of hydrogen-bond donors (Lipinski definition) is 1. The van der Waals surface area contributed by atoms with Crippen molar-refractivity contribution in [2.75, 3.05) is 11.1 Å². The Balaban J connectivity index is 1.99. The van der Waals surface area contributed by atoms with E-state index in [9.17, 15) is 4.79 Å². The summed E-state index contributed by atoms with van der Waals surface area (Å²) < 4.78 is 0. The minimum Gasteiger partial charge on any atom is -0.310 e. The normalized spacial score (nSPS) is 20.2. The van der Waals surface area contributed by atoms with Crippen molar-refractivity contribution in [3.63, 3.8) is 0 Å². The maximum Gasteiger partial charge on any atom is 0.238 e. The van der Waals surface area contributed by atoms with E-state index in [1.165, 1.54) is 6.20 Å². The summed E-state index contributed by atoms with van der Waals surface area (Å²) in [6, 6.07) is 1.63. The van der Waals surface area contributed by atoms with Crippen molar-refractivity contribution in [1.29, 1.82) is 0 Å². The lowest BCUT2D eigenvalue weighted by molar-refractivity contribution is -0.115. The summed E-state index contributed by atoms with van der Waals surface area (Å²) in [6.45, 7) is 0. The number of amides is 1. The van der Waals surface area contributed by atoms with E-state index < -0.39 is 0 Å². The lowest BCUT2D eigenvalue weighted by Crippen LogP contribution is -2.23. The van der Waals surface area contributed by atoms with Crippen LogP contribution in [0.2, 0.25) is 5.28 Å². The summed E-state index contributed by atoms with van der Waals surface area (Å²) in [4.78, 5) is 19.3. The van der Waals surface area contributed by atoms with Gasteiger partial charge < -0.3 is 5.32 Å². The zero-order chi connectivity index (χ0) is 10.7. The van der Waals surface area contributed by atoms with Crippen LogP contribution in [0.5, 0.6) is 0 Å². The summed E-state index contributed by atoms with van der Waals surface area (Å²) in [5.41, 5.74) is 0. The molecule has 0 aromatic carbocycles. The summed E-state index contributed by atoms with van der Waals surface area (Å²) >= 11 is 7.29. The number of hydrogen-bond acceptors (Lipinski definition) is 4. The van der Waals surface area contributed by atoms with Gasteiger partial charge in [0.05, 0.1) is 5.25 Å². The van der Waals surface area contributed by atoms with Gasteiger partial charge in [0.15, 0.2) is 0 Å². The number of thioether (sulfide) groups is 1. The summed E-state index contributed by atoms with van der Waals surface area (Å²) in [6.07, 6.45) is 3.56. The first-order valence-corrected chi connectivity index (χ1v) is 6.09. The zero-order valence-corrected chi connectivity index (χ0v) is 9.51. The van der Waals surface area contributed by atoms with Gasteiger partial charge in [-0.2, -0.15) is 0 Å². The van der Waals surface area contributed by atoms with Crippen LogP contribution in [0.1, 0.15) is 12.8 Å². The van der Waals surface area contributed by atoms with Gasteiger partial charge in [-0.25, -0.2) is 9.97 Å². The lowest BCUT2D eigenvalue weighted by Gasteiger charge is -2.08. The standard InChI is InChI=1S/C9H10ClN3OS/c10-9-11-4-3-7(13-9)12-8(14)6-2-1-5-15-6/h3-4,6H,1-2,5H2,(H,11,12,13,14). The molecule has 1 aliphatic heterocycles. The highest BCUT2D eigenvalue weighted by Crippen LogP contribution is 2.26. The minimum absolute atomic E-state index is 0.00673. The largest absolute Gasteiger partial charge is 0.310 e. The first-order valence-electron chi connectivity index (χ1n) is 4.67. The Bertz CT molecular complexity index is 368. The van der Waals surface area contributed by atoms with Gasteiger partial charge in [-0.1, -0.05) is 0 Å². The van der Waals surface area contributed by atoms with Gasteiger partial charge in [-0.15, -0.1) is 11.8 Å². The topological polar surface area (TPSA) is 54.9 Å². The average molecular weight is 244 g/mol. The molecule has 2 heterocycles. The second-order valence-corrected chi connectivity index (χ2v) is 4.85. The molecule has 0 aliphatic carbocycles. The van der Waals surface area contributed by atoms with Gasteiger partial charge in [-0.05, 0) is 36.3 Å². The van der Waals surface area contributed by atoms with Crippen LogP contribution >= 0.6 is 23.4 Å². The number of aromatic nitrogens is 2. The molecule has 2 rings (SSSR count). The fourth-order valence-corrected chi connectivity index (χ4v) is 2.70. The highest BCUT2D eigenvalue weighted by atomic mass is 35.5. The number of carbonyl (C=O) groups is 1. The Kier molecular flexibility index (Phi) is 3.43. The van der Waals surface area contributed by atoms with Gasteiger partial charge in [-0.3, -0.25) is 4.79 Å². The molecular formula is C9H10ClN3OS. The van der Waals surface area contributed by atoms with Gasteiger partial charge in [0, 0.05) is 6.20 Å². The predicted molar refractivity (Wildman–Crippen MR) is 61.2 cm³/mol. The second kappa shape index (κ2) is 4.81. The Morgan fingerprint density at radius 1 is 1.67 bits per heavy atom. The van der Waals surface area contributed by atoms with E-state index in [2.05, 4.69) is 15.3 Å². The molecule has 1 aromatic heterocycles. The average Bonchev–Trinajstić information content (AvgIpc) is 2.70. The molecule has 1 unspecified atom stereocenters. The molecule has 1 amide bonds. The first-order chi connectivity index (χ1) is 7.25. The van der Waals surface area contributed by atoms with Gasteiger partial charge in [0.2, 0.25) is 11.2 Å². The quantitative estimate of drug-likeness (QED) is 0.807. The molecule has 1 aliphatic rings. The molecule has 0 saturated carbocycles.